The fourth-order valence-electron chi connectivity index (χ4n) is 2.57. The van der Waals surface area contributed by atoms with Crippen molar-refractivity contribution in [3.63, 3.8) is 0 Å². The van der Waals surface area contributed by atoms with Gasteiger partial charge in [0.05, 0.1) is 11.0 Å². The molecule has 0 aliphatic rings. The van der Waals surface area contributed by atoms with E-state index in [1.807, 2.05) is 12.3 Å². The summed E-state index contributed by atoms with van der Waals surface area (Å²) in [6.07, 6.45) is 1.84. The van der Waals surface area contributed by atoms with Crippen molar-refractivity contribution in [3.05, 3.63) is 69.8 Å². The lowest BCUT2D eigenvalue weighted by molar-refractivity contribution is 1.31. The summed E-state index contributed by atoms with van der Waals surface area (Å²) in [6.45, 7) is 0. The molecule has 0 spiro atoms. The fourth-order valence-corrected chi connectivity index (χ4v) is 3.23. The van der Waals surface area contributed by atoms with Gasteiger partial charge in [-0.1, -0.05) is 24.3 Å². The van der Waals surface area contributed by atoms with Crippen LogP contribution in [0.25, 0.3) is 33.3 Å². The van der Waals surface area contributed by atoms with Crippen LogP contribution in [0.5, 0.6) is 0 Å². The van der Waals surface area contributed by atoms with Gasteiger partial charge in [-0.3, -0.25) is 4.79 Å². The van der Waals surface area contributed by atoms with Crippen molar-refractivity contribution in [1.29, 1.82) is 0 Å². The molecule has 102 valence electrons. The average Bonchev–Trinajstić information content (AvgIpc) is 3.17. The third kappa shape index (κ3) is 2.10. The van der Waals surface area contributed by atoms with E-state index in [2.05, 4.69) is 51.1 Å². The normalized spacial score (nSPS) is 11.0. The van der Waals surface area contributed by atoms with Gasteiger partial charge in [0.1, 0.15) is 0 Å². The number of hydrogen-bond acceptors (Lipinski definition) is 2. The Balaban J connectivity index is 1.85. The second kappa shape index (κ2) is 4.75. The van der Waals surface area contributed by atoms with Crippen LogP contribution in [0, 0.1) is 0 Å². The summed E-state index contributed by atoms with van der Waals surface area (Å²) in [7, 11) is 0. The molecule has 0 radical (unpaired) electrons. The highest BCUT2D eigenvalue weighted by atomic mass is 32.1. The molecular weight excluding hydrogens is 280 g/mol. The van der Waals surface area contributed by atoms with Gasteiger partial charge in [0.2, 0.25) is 5.56 Å². The molecule has 4 heteroatoms. The zero-order chi connectivity index (χ0) is 14.2. The van der Waals surface area contributed by atoms with Gasteiger partial charge >= 0.3 is 0 Å². The number of fused-ring (bicyclic) bond motifs is 1. The third-order valence-corrected chi connectivity index (χ3v) is 4.28. The minimum Gasteiger partial charge on any atom is -0.359 e. The number of thiophene rings is 1. The van der Waals surface area contributed by atoms with Crippen LogP contribution in [0.2, 0.25) is 0 Å². The van der Waals surface area contributed by atoms with Crippen molar-refractivity contribution < 1.29 is 0 Å². The van der Waals surface area contributed by atoms with Crippen LogP contribution < -0.4 is 5.56 Å². The molecule has 0 bridgehead atoms. The molecule has 0 fully saturated rings. The van der Waals surface area contributed by atoms with E-state index in [4.69, 9.17) is 0 Å². The highest BCUT2D eigenvalue weighted by Crippen LogP contribution is 2.28. The van der Waals surface area contributed by atoms with Gasteiger partial charge in [0.25, 0.3) is 0 Å². The summed E-state index contributed by atoms with van der Waals surface area (Å²) in [5.74, 6) is 0. The van der Waals surface area contributed by atoms with E-state index >= 15 is 0 Å². The Morgan fingerprint density at radius 2 is 1.71 bits per heavy atom. The first-order chi connectivity index (χ1) is 10.3. The van der Waals surface area contributed by atoms with Gasteiger partial charge < -0.3 is 9.97 Å². The zero-order valence-electron chi connectivity index (χ0n) is 11.1. The molecule has 4 rings (SSSR count). The Bertz CT molecular complexity index is 947. The molecule has 3 heterocycles. The van der Waals surface area contributed by atoms with E-state index in [-0.39, 0.29) is 5.56 Å². The highest BCUT2D eigenvalue weighted by molar-refractivity contribution is 7.08. The molecule has 0 unspecified atom stereocenters. The number of nitrogens with one attached hydrogen (secondary N) is 2. The molecular formula is C17H12N2OS. The number of benzene rings is 1. The van der Waals surface area contributed by atoms with Gasteiger partial charge in [-0.15, -0.1) is 0 Å². The van der Waals surface area contributed by atoms with Crippen molar-refractivity contribution in [2.45, 2.75) is 0 Å². The first-order valence-corrected chi connectivity index (χ1v) is 7.59. The largest absolute Gasteiger partial charge is 0.359 e. The number of hydrogen-bond donors (Lipinski definition) is 2. The summed E-state index contributed by atoms with van der Waals surface area (Å²) in [5, 5.41) is 4.20. The minimum atomic E-state index is -0.0842. The number of pyridine rings is 1. The fraction of sp³-hybridized carbons (Fsp3) is 0. The van der Waals surface area contributed by atoms with Crippen LogP contribution in [-0.2, 0) is 0 Å². The second-order valence-electron chi connectivity index (χ2n) is 4.90. The van der Waals surface area contributed by atoms with Gasteiger partial charge in [-0.2, -0.15) is 11.3 Å². The predicted octanol–water partition coefficient (Wildman–Crippen LogP) is 4.25. The lowest BCUT2D eigenvalue weighted by atomic mass is 10.0. The van der Waals surface area contributed by atoms with Gasteiger partial charge in [0.15, 0.2) is 0 Å². The van der Waals surface area contributed by atoms with Crippen LogP contribution in [0.3, 0.4) is 0 Å². The molecule has 0 aliphatic carbocycles. The van der Waals surface area contributed by atoms with Crippen LogP contribution >= 0.6 is 11.3 Å². The van der Waals surface area contributed by atoms with Crippen molar-refractivity contribution in [3.8, 4) is 22.3 Å². The molecule has 1 aromatic carbocycles. The number of aromatic nitrogens is 2. The van der Waals surface area contributed by atoms with Crippen molar-refractivity contribution in [1.82, 2.24) is 9.97 Å². The summed E-state index contributed by atoms with van der Waals surface area (Å²) in [6, 6.07) is 13.9. The maximum atomic E-state index is 11.8. The Hall–Kier alpha value is -2.59. The Labute approximate surface area is 124 Å². The quantitative estimate of drug-likeness (QED) is 0.570. The first kappa shape index (κ1) is 12.2. The van der Waals surface area contributed by atoms with E-state index in [0.717, 1.165) is 22.2 Å². The monoisotopic (exact) mass is 292 g/mol. The molecule has 0 amide bonds. The average molecular weight is 292 g/mol. The standard InChI is InChI=1S/C17H12N2OS/c20-16-9-14(17-15(19-16)5-7-18-17)12-3-1-11(2-4-12)13-6-8-21-10-13/h1-10,18H,(H,19,20). The molecule has 2 N–H and O–H groups in total. The van der Waals surface area contributed by atoms with Crippen LogP contribution in [0.4, 0.5) is 0 Å². The maximum absolute atomic E-state index is 11.8. The Morgan fingerprint density at radius 1 is 0.905 bits per heavy atom. The van der Waals surface area contributed by atoms with Crippen LogP contribution in [-0.4, -0.2) is 9.97 Å². The smallest absolute Gasteiger partial charge is 0.249 e. The van der Waals surface area contributed by atoms with E-state index < -0.39 is 0 Å². The Kier molecular flexibility index (Phi) is 2.75. The summed E-state index contributed by atoms with van der Waals surface area (Å²) < 4.78 is 0. The van der Waals surface area contributed by atoms with E-state index in [1.54, 1.807) is 17.4 Å². The SMILES string of the molecule is O=c1cc(-c2ccc(-c3ccsc3)cc2)c2[nH]ccc2[nH]1. The van der Waals surface area contributed by atoms with E-state index in [0.29, 0.717) is 0 Å². The number of H-pyrrole nitrogens is 2. The number of rotatable bonds is 2. The first-order valence-electron chi connectivity index (χ1n) is 6.65. The molecule has 3 nitrogen and oxygen atoms in total. The van der Waals surface area contributed by atoms with Crippen LogP contribution in [0.1, 0.15) is 0 Å². The Morgan fingerprint density at radius 3 is 2.48 bits per heavy atom. The highest BCUT2D eigenvalue weighted by Gasteiger charge is 2.07. The zero-order valence-corrected chi connectivity index (χ0v) is 11.9. The van der Waals surface area contributed by atoms with Gasteiger partial charge in [-0.25, -0.2) is 0 Å². The van der Waals surface area contributed by atoms with E-state index in [1.165, 1.54) is 11.1 Å². The summed E-state index contributed by atoms with van der Waals surface area (Å²) in [5.41, 5.74) is 6.08. The van der Waals surface area contributed by atoms with Crippen molar-refractivity contribution in [2.75, 3.05) is 0 Å². The second-order valence-corrected chi connectivity index (χ2v) is 5.68. The van der Waals surface area contributed by atoms with E-state index in [9.17, 15) is 4.79 Å². The molecule has 4 aromatic rings. The molecule has 21 heavy (non-hydrogen) atoms. The molecule has 0 atom stereocenters. The maximum Gasteiger partial charge on any atom is 0.249 e. The van der Waals surface area contributed by atoms with Gasteiger partial charge in [-0.05, 0) is 39.6 Å². The summed E-state index contributed by atoms with van der Waals surface area (Å²) >= 11 is 1.69. The predicted molar refractivity (Wildman–Crippen MR) is 87.7 cm³/mol. The lowest BCUT2D eigenvalue weighted by Gasteiger charge is -2.05. The third-order valence-electron chi connectivity index (χ3n) is 3.60. The molecule has 0 saturated carbocycles. The van der Waals surface area contributed by atoms with Crippen molar-refractivity contribution in [2.24, 2.45) is 0 Å². The number of aromatic amines is 2. The lowest BCUT2D eigenvalue weighted by Crippen LogP contribution is -2.03. The van der Waals surface area contributed by atoms with Crippen molar-refractivity contribution >= 4 is 22.4 Å². The van der Waals surface area contributed by atoms with Crippen LogP contribution in [0.15, 0.2) is 64.2 Å². The topological polar surface area (TPSA) is 48.6 Å². The van der Waals surface area contributed by atoms with Gasteiger partial charge in [0, 0.05) is 17.8 Å². The summed E-state index contributed by atoms with van der Waals surface area (Å²) in [4.78, 5) is 17.8. The molecule has 0 aliphatic heterocycles. The molecule has 3 aromatic heterocycles. The minimum absolute atomic E-state index is 0.0842. The molecule has 0 saturated heterocycles.